The maximum absolute atomic E-state index is 10.9. The molecule has 0 saturated carbocycles. The van der Waals surface area contributed by atoms with E-state index in [0.29, 0.717) is 0 Å². The van der Waals surface area contributed by atoms with Crippen molar-refractivity contribution in [2.75, 3.05) is 12.1 Å². The Morgan fingerprint density at radius 2 is 2.20 bits per heavy atom. The molecule has 15 heavy (non-hydrogen) atoms. The van der Waals surface area contributed by atoms with Crippen molar-refractivity contribution in [3.63, 3.8) is 0 Å². The number of amides is 1. The molecule has 0 saturated heterocycles. The van der Waals surface area contributed by atoms with Gasteiger partial charge in [-0.2, -0.15) is 0 Å². The van der Waals surface area contributed by atoms with Crippen LogP contribution in [0.25, 0.3) is 0 Å². The lowest BCUT2D eigenvalue weighted by molar-refractivity contribution is -0.118. The Kier molecular flexibility index (Phi) is 3.64. The molecule has 0 aliphatic heterocycles. The van der Waals surface area contributed by atoms with Crippen LogP contribution in [0.15, 0.2) is 9.64 Å². The quantitative estimate of drug-likeness (QED) is 0.714. The van der Waals surface area contributed by atoms with Crippen molar-refractivity contribution in [2.24, 2.45) is 0 Å². The second-order valence-corrected chi connectivity index (χ2v) is 4.81. The first-order chi connectivity index (χ1) is 6.93. The lowest BCUT2D eigenvalue weighted by atomic mass is 10.6. The largest absolute Gasteiger partial charge is 0.411 e. The van der Waals surface area contributed by atoms with Crippen LogP contribution in [0.4, 0.5) is 0 Å². The molecule has 0 bridgehead atoms. The highest BCUT2D eigenvalue weighted by Crippen LogP contribution is 2.05. The van der Waals surface area contributed by atoms with E-state index in [1.54, 1.807) is 0 Å². The van der Waals surface area contributed by atoms with Crippen LogP contribution in [0.1, 0.15) is 5.89 Å². The van der Waals surface area contributed by atoms with Crippen molar-refractivity contribution in [2.45, 2.75) is 11.8 Å². The maximum atomic E-state index is 10.9. The number of hydrogen-bond acceptors (Lipinski definition) is 6. The standard InChI is InChI=1S/C6H8ClN3O4S/c1-15(12,13)6-10-9-5(14-6)3-8-4(11)2-7/h2-3H2,1H3,(H,8,11). The molecule has 0 radical (unpaired) electrons. The molecule has 0 aliphatic carbocycles. The number of nitrogens with zero attached hydrogens (tertiary/aromatic N) is 2. The average molecular weight is 254 g/mol. The van der Waals surface area contributed by atoms with E-state index in [1.807, 2.05) is 0 Å². The topological polar surface area (TPSA) is 102 Å². The number of carbonyl (C=O) groups excluding carboxylic acids is 1. The van der Waals surface area contributed by atoms with Crippen LogP contribution in [-0.2, 0) is 21.2 Å². The van der Waals surface area contributed by atoms with E-state index in [4.69, 9.17) is 16.0 Å². The third-order valence-electron chi connectivity index (χ3n) is 1.32. The maximum Gasteiger partial charge on any atom is 0.335 e. The second-order valence-electron chi connectivity index (χ2n) is 2.64. The van der Waals surface area contributed by atoms with E-state index in [1.165, 1.54) is 0 Å². The highest BCUT2D eigenvalue weighted by atomic mass is 35.5. The molecule has 0 unspecified atom stereocenters. The van der Waals surface area contributed by atoms with E-state index < -0.39 is 21.0 Å². The normalized spacial score (nSPS) is 11.3. The molecule has 0 atom stereocenters. The molecular weight excluding hydrogens is 246 g/mol. The fraction of sp³-hybridized carbons (Fsp3) is 0.500. The highest BCUT2D eigenvalue weighted by Gasteiger charge is 2.16. The second kappa shape index (κ2) is 4.58. The van der Waals surface area contributed by atoms with Crippen LogP contribution in [0, 0.1) is 0 Å². The molecule has 0 aliphatic rings. The van der Waals surface area contributed by atoms with Crippen LogP contribution < -0.4 is 5.32 Å². The van der Waals surface area contributed by atoms with E-state index in [-0.39, 0.29) is 18.3 Å². The van der Waals surface area contributed by atoms with Crippen LogP contribution in [0.2, 0.25) is 0 Å². The Bertz CT molecular complexity index is 455. The zero-order valence-electron chi connectivity index (χ0n) is 7.73. The van der Waals surface area contributed by atoms with Gasteiger partial charge >= 0.3 is 5.22 Å². The van der Waals surface area contributed by atoms with Crippen molar-refractivity contribution in [3.8, 4) is 0 Å². The van der Waals surface area contributed by atoms with Gasteiger partial charge in [0, 0.05) is 6.26 Å². The summed E-state index contributed by atoms with van der Waals surface area (Å²) >= 11 is 5.22. The summed E-state index contributed by atoms with van der Waals surface area (Å²) < 4.78 is 26.6. The van der Waals surface area contributed by atoms with Crippen molar-refractivity contribution in [3.05, 3.63) is 5.89 Å². The van der Waals surface area contributed by atoms with Gasteiger partial charge in [-0.15, -0.1) is 16.7 Å². The fourth-order valence-electron chi connectivity index (χ4n) is 0.681. The Hall–Kier alpha value is -1.15. The first-order valence-electron chi connectivity index (χ1n) is 3.78. The number of halogens is 1. The van der Waals surface area contributed by atoms with Gasteiger partial charge in [0.1, 0.15) is 5.88 Å². The highest BCUT2D eigenvalue weighted by molar-refractivity contribution is 7.90. The molecule has 1 heterocycles. The van der Waals surface area contributed by atoms with Crippen molar-refractivity contribution in [1.82, 2.24) is 15.5 Å². The zero-order valence-corrected chi connectivity index (χ0v) is 9.30. The molecular formula is C6H8ClN3O4S. The van der Waals surface area contributed by atoms with Gasteiger partial charge in [-0.3, -0.25) is 4.79 Å². The van der Waals surface area contributed by atoms with Crippen LogP contribution in [0.5, 0.6) is 0 Å². The van der Waals surface area contributed by atoms with Gasteiger partial charge in [0.05, 0.1) is 6.54 Å². The molecule has 1 rings (SSSR count). The van der Waals surface area contributed by atoms with E-state index in [0.717, 1.165) is 6.26 Å². The third-order valence-corrected chi connectivity index (χ3v) is 2.37. The minimum Gasteiger partial charge on any atom is -0.411 e. The van der Waals surface area contributed by atoms with Gasteiger partial charge < -0.3 is 9.73 Å². The summed E-state index contributed by atoms with van der Waals surface area (Å²) in [6.45, 7) is -0.0475. The molecule has 84 valence electrons. The molecule has 7 nitrogen and oxygen atoms in total. The van der Waals surface area contributed by atoms with Crippen LogP contribution in [-0.4, -0.2) is 36.7 Å². The SMILES string of the molecule is CS(=O)(=O)c1nnc(CNC(=O)CCl)o1. The van der Waals surface area contributed by atoms with Crippen molar-refractivity contribution in [1.29, 1.82) is 0 Å². The summed E-state index contributed by atoms with van der Waals surface area (Å²) in [5.41, 5.74) is 0. The minimum atomic E-state index is -3.51. The smallest absolute Gasteiger partial charge is 0.335 e. The minimum absolute atomic E-state index is 0.00823. The summed E-state index contributed by atoms with van der Waals surface area (Å²) in [5.74, 6) is -0.586. The van der Waals surface area contributed by atoms with Gasteiger partial charge in [0.15, 0.2) is 0 Å². The molecule has 0 spiro atoms. The first kappa shape index (κ1) is 11.9. The lowest BCUT2D eigenvalue weighted by Crippen LogP contribution is -2.23. The molecule has 9 heteroatoms. The number of nitrogens with one attached hydrogen (secondary N) is 1. The van der Waals surface area contributed by atoms with E-state index in [2.05, 4.69) is 15.5 Å². The molecule has 0 fully saturated rings. The molecule has 1 aromatic heterocycles. The Labute approximate surface area is 90.7 Å². The molecule has 1 N–H and O–H groups in total. The Morgan fingerprint density at radius 3 is 2.67 bits per heavy atom. The predicted molar refractivity (Wildman–Crippen MR) is 50.0 cm³/mol. The average Bonchev–Trinajstić information content (AvgIpc) is 2.61. The molecule has 0 aromatic carbocycles. The Balaban J connectivity index is 2.66. The Morgan fingerprint density at radius 1 is 1.53 bits per heavy atom. The zero-order chi connectivity index (χ0) is 11.5. The van der Waals surface area contributed by atoms with Crippen molar-refractivity contribution >= 4 is 27.3 Å². The first-order valence-corrected chi connectivity index (χ1v) is 6.21. The summed E-state index contributed by atoms with van der Waals surface area (Å²) in [6, 6.07) is 0. The number of sulfone groups is 1. The van der Waals surface area contributed by atoms with E-state index in [9.17, 15) is 13.2 Å². The summed E-state index contributed by atoms with van der Waals surface area (Å²) in [6.07, 6.45) is 0.946. The van der Waals surface area contributed by atoms with Crippen LogP contribution >= 0.6 is 11.6 Å². The summed E-state index contributed by atoms with van der Waals surface area (Å²) in [4.78, 5) is 10.7. The number of rotatable bonds is 4. The molecule has 1 aromatic rings. The van der Waals surface area contributed by atoms with Gasteiger partial charge in [0.25, 0.3) is 0 Å². The lowest BCUT2D eigenvalue weighted by Gasteiger charge is -1.96. The van der Waals surface area contributed by atoms with Gasteiger partial charge in [-0.25, -0.2) is 8.42 Å². The van der Waals surface area contributed by atoms with E-state index >= 15 is 0 Å². The van der Waals surface area contributed by atoms with Crippen molar-refractivity contribution < 1.29 is 17.6 Å². The number of alkyl halides is 1. The number of hydrogen-bond donors (Lipinski definition) is 1. The van der Waals surface area contributed by atoms with Gasteiger partial charge in [0.2, 0.25) is 21.6 Å². The summed E-state index contributed by atoms with van der Waals surface area (Å²) in [5, 5.41) is 8.61. The third kappa shape index (κ3) is 3.48. The number of carbonyl (C=O) groups is 1. The van der Waals surface area contributed by atoms with Crippen LogP contribution in [0.3, 0.4) is 0 Å². The van der Waals surface area contributed by atoms with Gasteiger partial charge in [-0.05, 0) is 0 Å². The number of aromatic nitrogens is 2. The van der Waals surface area contributed by atoms with Gasteiger partial charge in [-0.1, -0.05) is 5.10 Å². The fourth-order valence-corrected chi connectivity index (χ4v) is 1.21. The predicted octanol–water partition coefficient (Wildman–Crippen LogP) is -0.672. The summed E-state index contributed by atoms with van der Waals surface area (Å²) in [7, 11) is -3.51. The monoisotopic (exact) mass is 253 g/mol. The molecule has 1 amide bonds.